The van der Waals surface area contributed by atoms with Crippen molar-refractivity contribution in [3.05, 3.63) is 41.2 Å². The van der Waals surface area contributed by atoms with Crippen molar-refractivity contribution in [3.8, 4) is 5.75 Å². The van der Waals surface area contributed by atoms with E-state index in [-0.39, 0.29) is 16.3 Å². The van der Waals surface area contributed by atoms with E-state index in [4.69, 9.17) is 16.3 Å². The summed E-state index contributed by atoms with van der Waals surface area (Å²) in [5, 5.41) is -0.144. The van der Waals surface area contributed by atoms with E-state index in [0.29, 0.717) is 0 Å². The van der Waals surface area contributed by atoms with Crippen LogP contribution in [0.15, 0.2) is 29.8 Å². The molecule has 4 heteroatoms. The topological polar surface area (TPSA) is 26.3 Å². The number of Topliss-reactive ketones (excluding diaryl/α,β-unsaturated/α-hetero) is 1. The van der Waals surface area contributed by atoms with Crippen LogP contribution in [0.5, 0.6) is 5.75 Å². The number of ether oxygens (including phenoxy) is 1. The lowest BCUT2D eigenvalue weighted by Gasteiger charge is -2.03. The number of carbonyl (C=O) groups is 1. The highest BCUT2D eigenvalue weighted by molar-refractivity contribution is 6.44. The van der Waals surface area contributed by atoms with Gasteiger partial charge >= 0.3 is 0 Å². The second kappa shape index (κ2) is 4.24. The van der Waals surface area contributed by atoms with E-state index in [9.17, 15) is 9.18 Å². The maximum absolute atomic E-state index is 13.1. The molecule has 1 rings (SSSR count). The summed E-state index contributed by atoms with van der Waals surface area (Å²) in [6.07, 6.45) is 0. The zero-order valence-corrected chi connectivity index (χ0v) is 8.27. The van der Waals surface area contributed by atoms with Crippen LogP contribution in [0.1, 0.15) is 10.4 Å². The molecule has 0 saturated carbocycles. The minimum absolute atomic E-state index is 0.0849. The number of allylic oxidation sites excluding steroid dienone is 1. The summed E-state index contributed by atoms with van der Waals surface area (Å²) in [5.74, 6) is -1.01. The van der Waals surface area contributed by atoms with Crippen molar-refractivity contribution in [2.45, 2.75) is 0 Å². The molecule has 0 fully saturated rings. The average Bonchev–Trinajstić information content (AvgIpc) is 2.16. The molecule has 0 atom stereocenters. The van der Waals surface area contributed by atoms with Gasteiger partial charge in [0.1, 0.15) is 0 Å². The summed E-state index contributed by atoms with van der Waals surface area (Å²) in [6.45, 7) is 3.27. The third kappa shape index (κ3) is 2.12. The maximum atomic E-state index is 13.1. The van der Waals surface area contributed by atoms with Crippen molar-refractivity contribution in [1.82, 2.24) is 0 Å². The first-order valence-electron chi connectivity index (χ1n) is 3.79. The fraction of sp³-hybridized carbons (Fsp3) is 0.100. The van der Waals surface area contributed by atoms with Gasteiger partial charge in [-0.3, -0.25) is 4.79 Å². The molecule has 0 aliphatic rings. The second-order valence-electron chi connectivity index (χ2n) is 2.58. The fourth-order valence-electron chi connectivity index (χ4n) is 0.964. The van der Waals surface area contributed by atoms with E-state index < -0.39 is 11.6 Å². The summed E-state index contributed by atoms with van der Waals surface area (Å²) >= 11 is 5.39. The summed E-state index contributed by atoms with van der Waals surface area (Å²) in [7, 11) is 1.35. The molecule has 0 spiro atoms. The lowest BCUT2D eigenvalue weighted by atomic mass is 10.1. The Morgan fingerprint density at radius 2 is 2.21 bits per heavy atom. The molecule has 0 radical (unpaired) electrons. The molecule has 0 aromatic heterocycles. The molecule has 0 aliphatic carbocycles. The number of hydrogen-bond donors (Lipinski definition) is 0. The van der Waals surface area contributed by atoms with Crippen LogP contribution in [-0.2, 0) is 0 Å². The Kier molecular flexibility index (Phi) is 3.25. The summed E-state index contributed by atoms with van der Waals surface area (Å²) in [5.41, 5.74) is 0.156. The second-order valence-corrected chi connectivity index (χ2v) is 3.04. The molecule has 1 aromatic carbocycles. The van der Waals surface area contributed by atoms with Crippen LogP contribution < -0.4 is 4.74 Å². The monoisotopic (exact) mass is 214 g/mol. The Balaban J connectivity index is 3.09. The molecule has 0 heterocycles. The zero-order chi connectivity index (χ0) is 10.7. The summed E-state index contributed by atoms with van der Waals surface area (Å²) in [6, 6.07) is 3.86. The summed E-state index contributed by atoms with van der Waals surface area (Å²) < 4.78 is 17.8. The maximum Gasteiger partial charge on any atom is 0.203 e. The minimum atomic E-state index is -0.601. The Hall–Kier alpha value is -1.35. The largest absolute Gasteiger partial charge is 0.494 e. The van der Waals surface area contributed by atoms with Gasteiger partial charge in [0.25, 0.3) is 0 Å². The minimum Gasteiger partial charge on any atom is -0.494 e. The predicted molar refractivity (Wildman–Crippen MR) is 52.3 cm³/mol. The number of rotatable bonds is 3. The Morgan fingerprint density at radius 1 is 1.57 bits per heavy atom. The molecule has 14 heavy (non-hydrogen) atoms. The molecule has 0 unspecified atom stereocenters. The molecular weight excluding hydrogens is 207 g/mol. The molecular formula is C10H8ClFO2. The highest BCUT2D eigenvalue weighted by atomic mass is 35.5. The number of hydrogen-bond acceptors (Lipinski definition) is 2. The third-order valence-corrected chi connectivity index (χ3v) is 1.83. The molecule has 0 saturated heterocycles. The van der Waals surface area contributed by atoms with Crippen molar-refractivity contribution in [2.24, 2.45) is 0 Å². The van der Waals surface area contributed by atoms with E-state index in [0.717, 1.165) is 6.07 Å². The van der Waals surface area contributed by atoms with Gasteiger partial charge in [0.2, 0.25) is 5.78 Å². The lowest BCUT2D eigenvalue weighted by Crippen LogP contribution is -1.99. The molecule has 0 N–H and O–H groups in total. The standard InChI is InChI=1S/C10H8ClFO2/c1-6(11)10(13)7-3-4-9(14-2)8(12)5-7/h3-5H,1H2,2H3. The van der Waals surface area contributed by atoms with Gasteiger partial charge in [-0.1, -0.05) is 18.2 Å². The Labute approximate surface area is 85.9 Å². The van der Waals surface area contributed by atoms with E-state index in [1.54, 1.807) is 0 Å². The smallest absolute Gasteiger partial charge is 0.203 e. The van der Waals surface area contributed by atoms with Crippen LogP contribution in [0.3, 0.4) is 0 Å². The molecule has 2 nitrogen and oxygen atoms in total. The number of halogens is 2. The first kappa shape index (κ1) is 10.7. The fourth-order valence-corrected chi connectivity index (χ4v) is 1.07. The van der Waals surface area contributed by atoms with Crippen LogP contribution in [0.4, 0.5) is 4.39 Å². The first-order chi connectivity index (χ1) is 6.56. The van der Waals surface area contributed by atoms with Crippen molar-refractivity contribution in [3.63, 3.8) is 0 Å². The van der Waals surface area contributed by atoms with E-state index >= 15 is 0 Å². The van der Waals surface area contributed by atoms with Gasteiger partial charge in [0, 0.05) is 5.56 Å². The number of benzene rings is 1. The van der Waals surface area contributed by atoms with Crippen LogP contribution in [0.25, 0.3) is 0 Å². The molecule has 0 aliphatic heterocycles. The molecule has 74 valence electrons. The van der Waals surface area contributed by atoms with Crippen molar-refractivity contribution in [1.29, 1.82) is 0 Å². The number of ketones is 1. The normalized spacial score (nSPS) is 9.64. The molecule has 0 amide bonds. The van der Waals surface area contributed by atoms with Crippen LogP contribution in [-0.4, -0.2) is 12.9 Å². The van der Waals surface area contributed by atoms with Gasteiger partial charge in [0.15, 0.2) is 11.6 Å². The molecule has 0 bridgehead atoms. The average molecular weight is 215 g/mol. The van der Waals surface area contributed by atoms with Crippen LogP contribution >= 0.6 is 11.6 Å². The Morgan fingerprint density at radius 3 is 2.64 bits per heavy atom. The Bertz CT molecular complexity index is 388. The van der Waals surface area contributed by atoms with Crippen LogP contribution in [0, 0.1) is 5.82 Å². The predicted octanol–water partition coefficient (Wildman–Crippen LogP) is 2.77. The SMILES string of the molecule is C=C(Cl)C(=O)c1ccc(OC)c(F)c1. The zero-order valence-electron chi connectivity index (χ0n) is 7.51. The van der Waals surface area contributed by atoms with Gasteiger partial charge in [-0.15, -0.1) is 0 Å². The first-order valence-corrected chi connectivity index (χ1v) is 4.16. The highest BCUT2D eigenvalue weighted by Crippen LogP contribution is 2.19. The van der Waals surface area contributed by atoms with Gasteiger partial charge in [0.05, 0.1) is 12.1 Å². The van der Waals surface area contributed by atoms with Gasteiger partial charge in [-0.05, 0) is 18.2 Å². The van der Waals surface area contributed by atoms with Gasteiger partial charge in [-0.25, -0.2) is 4.39 Å². The van der Waals surface area contributed by atoms with E-state index in [2.05, 4.69) is 6.58 Å². The highest BCUT2D eigenvalue weighted by Gasteiger charge is 2.11. The van der Waals surface area contributed by atoms with Gasteiger partial charge < -0.3 is 4.74 Å². The third-order valence-electron chi connectivity index (χ3n) is 1.66. The number of carbonyl (C=O) groups excluding carboxylic acids is 1. The van der Waals surface area contributed by atoms with Crippen molar-refractivity contribution >= 4 is 17.4 Å². The van der Waals surface area contributed by atoms with Gasteiger partial charge in [-0.2, -0.15) is 0 Å². The lowest BCUT2D eigenvalue weighted by molar-refractivity contribution is 0.104. The van der Waals surface area contributed by atoms with Crippen molar-refractivity contribution in [2.75, 3.05) is 7.11 Å². The van der Waals surface area contributed by atoms with E-state index in [1.165, 1.54) is 19.2 Å². The summed E-state index contributed by atoms with van der Waals surface area (Å²) in [4.78, 5) is 11.3. The molecule has 1 aromatic rings. The number of methoxy groups -OCH3 is 1. The van der Waals surface area contributed by atoms with E-state index in [1.807, 2.05) is 0 Å². The quantitative estimate of drug-likeness (QED) is 0.571. The van der Waals surface area contributed by atoms with Crippen molar-refractivity contribution < 1.29 is 13.9 Å². The van der Waals surface area contributed by atoms with Crippen LogP contribution in [0.2, 0.25) is 0 Å².